The van der Waals surface area contributed by atoms with Crippen LogP contribution in [0.5, 0.6) is 0 Å². The molecule has 1 heterocycles. The minimum absolute atomic E-state index is 0.0370. The van der Waals surface area contributed by atoms with Gasteiger partial charge in [0.1, 0.15) is 6.04 Å². The van der Waals surface area contributed by atoms with Crippen LogP contribution in [0.1, 0.15) is 24.2 Å². The van der Waals surface area contributed by atoms with E-state index in [1.54, 1.807) is 36.2 Å². The Morgan fingerprint density at radius 2 is 1.67 bits per heavy atom. The molecule has 0 aromatic heterocycles. The van der Waals surface area contributed by atoms with Crippen molar-refractivity contribution in [2.45, 2.75) is 19.9 Å². The van der Waals surface area contributed by atoms with E-state index >= 15 is 0 Å². The van der Waals surface area contributed by atoms with Gasteiger partial charge in [-0.2, -0.15) is 0 Å². The van der Waals surface area contributed by atoms with Crippen LogP contribution in [0.25, 0.3) is 0 Å². The van der Waals surface area contributed by atoms with Crippen molar-refractivity contribution >= 4 is 29.3 Å². The van der Waals surface area contributed by atoms with Gasteiger partial charge in [0.2, 0.25) is 11.8 Å². The molecular weight excluding hydrogens is 368 g/mol. The summed E-state index contributed by atoms with van der Waals surface area (Å²) < 4.78 is 0. The summed E-state index contributed by atoms with van der Waals surface area (Å²) in [6.45, 7) is 6.49. The van der Waals surface area contributed by atoms with Crippen LogP contribution in [0.4, 0.5) is 0 Å². The number of likely N-dealkylation sites (N-methyl/N-ethyl adjacent to an activating group) is 1. The first-order valence-corrected chi connectivity index (χ1v) is 9.47. The van der Waals surface area contributed by atoms with Crippen molar-refractivity contribution in [2.75, 3.05) is 39.8 Å². The summed E-state index contributed by atoms with van der Waals surface area (Å²) in [5.74, 6) is -0.466. The Morgan fingerprint density at radius 3 is 2.19 bits per heavy atom. The number of carbonyl (C=O) groups excluding carboxylic acids is 3. The maximum atomic E-state index is 12.9. The molecule has 2 rings (SSSR count). The molecule has 1 fully saturated rings. The molecule has 3 amide bonds. The highest BCUT2D eigenvalue weighted by atomic mass is 35.5. The predicted molar refractivity (Wildman–Crippen MR) is 105 cm³/mol. The third-order valence-corrected chi connectivity index (χ3v) is 4.91. The Bertz CT molecular complexity index is 670. The zero-order chi connectivity index (χ0) is 20.0. The maximum absolute atomic E-state index is 12.9. The first-order chi connectivity index (χ1) is 12.8. The Labute approximate surface area is 165 Å². The number of nitrogens with one attached hydrogen (secondary N) is 2. The number of nitrogens with zero attached hydrogens (tertiary/aromatic N) is 2. The van der Waals surface area contributed by atoms with Crippen molar-refractivity contribution < 1.29 is 14.4 Å². The minimum atomic E-state index is -0.598. The van der Waals surface area contributed by atoms with Crippen LogP contribution in [0.3, 0.4) is 0 Å². The highest BCUT2D eigenvalue weighted by Crippen LogP contribution is 2.13. The average molecular weight is 395 g/mol. The number of piperazine rings is 1. The smallest absolute Gasteiger partial charge is 0.251 e. The Kier molecular flexibility index (Phi) is 7.62. The van der Waals surface area contributed by atoms with E-state index in [4.69, 9.17) is 11.6 Å². The second-order valence-electron chi connectivity index (χ2n) is 6.98. The quantitative estimate of drug-likeness (QED) is 0.753. The number of carbonyl (C=O) groups is 3. The van der Waals surface area contributed by atoms with E-state index in [2.05, 4.69) is 10.6 Å². The summed E-state index contributed by atoms with van der Waals surface area (Å²) in [7, 11) is 1.61. The van der Waals surface area contributed by atoms with E-state index in [-0.39, 0.29) is 23.6 Å². The topological polar surface area (TPSA) is 81.8 Å². The lowest BCUT2D eigenvalue weighted by atomic mass is 10.0. The largest absolute Gasteiger partial charge is 0.358 e. The van der Waals surface area contributed by atoms with Crippen LogP contribution in [0, 0.1) is 5.92 Å². The van der Waals surface area contributed by atoms with Crippen LogP contribution in [0.15, 0.2) is 24.3 Å². The standard InChI is InChI=1S/C19H27ClN4O3/c1-13(2)17(22-18(26)14-4-6-15(20)7-5-14)19(27)24-10-8-23(9-11-24)12-16(25)21-3/h4-7,13,17H,8-12H2,1-3H3,(H,21,25)(H,22,26). The first kappa shape index (κ1) is 21.2. The zero-order valence-electron chi connectivity index (χ0n) is 16.0. The highest BCUT2D eigenvalue weighted by Gasteiger charge is 2.31. The van der Waals surface area contributed by atoms with Gasteiger partial charge in [-0.3, -0.25) is 19.3 Å². The number of hydrogen-bond acceptors (Lipinski definition) is 4. The summed E-state index contributed by atoms with van der Waals surface area (Å²) in [6, 6.07) is 5.97. The van der Waals surface area contributed by atoms with E-state index in [9.17, 15) is 14.4 Å². The molecule has 2 N–H and O–H groups in total. The normalized spacial score (nSPS) is 16.1. The predicted octanol–water partition coefficient (Wildman–Crippen LogP) is 0.985. The van der Waals surface area contributed by atoms with Crippen LogP contribution >= 0.6 is 11.6 Å². The molecule has 0 saturated carbocycles. The molecule has 1 aliphatic rings. The third-order valence-electron chi connectivity index (χ3n) is 4.66. The van der Waals surface area contributed by atoms with Crippen molar-refractivity contribution in [1.82, 2.24) is 20.4 Å². The minimum Gasteiger partial charge on any atom is -0.358 e. The zero-order valence-corrected chi connectivity index (χ0v) is 16.8. The molecule has 1 atom stereocenters. The molecule has 1 saturated heterocycles. The number of hydrogen-bond donors (Lipinski definition) is 2. The van der Waals surface area contributed by atoms with Gasteiger partial charge in [-0.25, -0.2) is 0 Å². The van der Waals surface area contributed by atoms with E-state index in [1.807, 2.05) is 18.7 Å². The van der Waals surface area contributed by atoms with Crippen LogP contribution < -0.4 is 10.6 Å². The van der Waals surface area contributed by atoms with Crippen molar-refractivity contribution in [3.63, 3.8) is 0 Å². The molecule has 0 radical (unpaired) electrons. The summed E-state index contributed by atoms with van der Waals surface area (Å²) in [6.07, 6.45) is 0. The Hall–Kier alpha value is -2.12. The molecule has 0 aliphatic carbocycles. The highest BCUT2D eigenvalue weighted by molar-refractivity contribution is 6.30. The molecule has 8 heteroatoms. The van der Waals surface area contributed by atoms with Gasteiger partial charge in [-0.1, -0.05) is 25.4 Å². The second-order valence-corrected chi connectivity index (χ2v) is 7.41. The van der Waals surface area contributed by atoms with Gasteiger partial charge in [-0.05, 0) is 30.2 Å². The van der Waals surface area contributed by atoms with Gasteiger partial charge in [-0.15, -0.1) is 0 Å². The molecule has 0 spiro atoms. The molecule has 27 heavy (non-hydrogen) atoms. The lowest BCUT2D eigenvalue weighted by Crippen LogP contribution is -2.57. The number of amides is 3. The third kappa shape index (κ3) is 5.94. The summed E-state index contributed by atoms with van der Waals surface area (Å²) in [4.78, 5) is 40.7. The van der Waals surface area contributed by atoms with Crippen LogP contribution in [0.2, 0.25) is 5.02 Å². The number of rotatable bonds is 6. The SMILES string of the molecule is CNC(=O)CN1CCN(C(=O)C(NC(=O)c2ccc(Cl)cc2)C(C)C)CC1. The van der Waals surface area contributed by atoms with E-state index < -0.39 is 6.04 Å². The molecule has 148 valence electrons. The summed E-state index contributed by atoms with van der Waals surface area (Å²) in [5.41, 5.74) is 0.466. The summed E-state index contributed by atoms with van der Waals surface area (Å²) in [5, 5.41) is 6.01. The van der Waals surface area contributed by atoms with Gasteiger partial charge < -0.3 is 15.5 Å². The van der Waals surface area contributed by atoms with Crippen molar-refractivity contribution in [2.24, 2.45) is 5.92 Å². The fraction of sp³-hybridized carbons (Fsp3) is 0.526. The Balaban J connectivity index is 1.96. The van der Waals surface area contributed by atoms with Crippen molar-refractivity contribution in [3.8, 4) is 0 Å². The van der Waals surface area contributed by atoms with E-state index in [0.29, 0.717) is 43.3 Å². The molecule has 1 unspecified atom stereocenters. The van der Waals surface area contributed by atoms with Crippen LogP contribution in [-0.4, -0.2) is 73.3 Å². The van der Waals surface area contributed by atoms with Gasteiger partial charge in [0.15, 0.2) is 0 Å². The second kappa shape index (κ2) is 9.71. The lowest BCUT2D eigenvalue weighted by molar-refractivity contribution is -0.136. The van der Waals surface area contributed by atoms with Gasteiger partial charge >= 0.3 is 0 Å². The van der Waals surface area contributed by atoms with E-state index in [0.717, 1.165) is 0 Å². The molecule has 0 bridgehead atoms. The molecule has 1 aliphatic heterocycles. The molecular formula is C19H27ClN4O3. The summed E-state index contributed by atoms with van der Waals surface area (Å²) >= 11 is 5.86. The maximum Gasteiger partial charge on any atom is 0.251 e. The monoisotopic (exact) mass is 394 g/mol. The van der Waals surface area contributed by atoms with Gasteiger partial charge in [0.05, 0.1) is 6.54 Å². The van der Waals surface area contributed by atoms with Crippen molar-refractivity contribution in [1.29, 1.82) is 0 Å². The Morgan fingerprint density at radius 1 is 1.07 bits per heavy atom. The fourth-order valence-corrected chi connectivity index (χ4v) is 3.07. The fourth-order valence-electron chi connectivity index (χ4n) is 2.94. The lowest BCUT2D eigenvalue weighted by Gasteiger charge is -2.37. The van der Waals surface area contributed by atoms with Gasteiger partial charge in [0, 0.05) is 43.8 Å². The van der Waals surface area contributed by atoms with E-state index in [1.165, 1.54) is 0 Å². The van der Waals surface area contributed by atoms with Crippen molar-refractivity contribution in [3.05, 3.63) is 34.9 Å². The molecule has 1 aromatic carbocycles. The van der Waals surface area contributed by atoms with Gasteiger partial charge in [0.25, 0.3) is 5.91 Å². The average Bonchev–Trinajstić information content (AvgIpc) is 2.66. The number of benzene rings is 1. The molecule has 1 aromatic rings. The van der Waals surface area contributed by atoms with Crippen LogP contribution in [-0.2, 0) is 9.59 Å². The number of halogens is 1. The first-order valence-electron chi connectivity index (χ1n) is 9.10. The molecule has 7 nitrogen and oxygen atoms in total.